The summed E-state index contributed by atoms with van der Waals surface area (Å²) in [6.45, 7) is 2.33. The summed E-state index contributed by atoms with van der Waals surface area (Å²) in [7, 11) is 0. The third-order valence-corrected chi connectivity index (χ3v) is 4.34. The monoisotopic (exact) mass is 337 g/mol. The molecule has 25 heavy (non-hydrogen) atoms. The third kappa shape index (κ3) is 2.91. The average Bonchev–Trinajstić information content (AvgIpc) is 3.22. The number of rotatable bonds is 3. The molecule has 2 heterocycles. The lowest BCUT2D eigenvalue weighted by Crippen LogP contribution is -2.25. The maximum Gasteiger partial charge on any atom is 0.257 e. The van der Waals surface area contributed by atoms with Crippen molar-refractivity contribution in [1.82, 2.24) is 10.1 Å². The first-order valence-electron chi connectivity index (χ1n) is 8.07. The fraction of sp³-hybridized carbons (Fsp3) is 0.211. The van der Waals surface area contributed by atoms with Crippen molar-refractivity contribution in [3.8, 4) is 11.5 Å². The van der Waals surface area contributed by atoms with Crippen molar-refractivity contribution in [1.29, 1.82) is 0 Å². The summed E-state index contributed by atoms with van der Waals surface area (Å²) in [5.41, 5.74) is 2.23. The number of aromatic nitrogens is 2. The number of amides is 1. The molecule has 0 N–H and O–H groups in total. The molecular formula is C19H16FN3O2. The van der Waals surface area contributed by atoms with Crippen molar-refractivity contribution >= 4 is 11.6 Å². The molecule has 1 aromatic heterocycles. The Labute approximate surface area is 144 Å². The molecule has 0 radical (unpaired) electrons. The van der Waals surface area contributed by atoms with Gasteiger partial charge in [0, 0.05) is 24.4 Å². The fourth-order valence-corrected chi connectivity index (χ4v) is 3.08. The Balaban J connectivity index is 1.58. The van der Waals surface area contributed by atoms with Crippen LogP contribution in [0.25, 0.3) is 11.5 Å². The summed E-state index contributed by atoms with van der Waals surface area (Å²) < 4.78 is 19.3. The Bertz CT molecular complexity index is 938. The normalized spacial score (nSPS) is 17.3. The van der Waals surface area contributed by atoms with E-state index in [0.717, 1.165) is 11.1 Å². The second kappa shape index (κ2) is 6.12. The number of para-hydroxylation sites is 1. The van der Waals surface area contributed by atoms with Gasteiger partial charge >= 0.3 is 0 Å². The first-order valence-corrected chi connectivity index (χ1v) is 8.07. The van der Waals surface area contributed by atoms with Gasteiger partial charge < -0.3 is 9.42 Å². The molecule has 126 valence electrons. The van der Waals surface area contributed by atoms with Gasteiger partial charge in [0.2, 0.25) is 5.91 Å². The van der Waals surface area contributed by atoms with Crippen LogP contribution in [0.2, 0.25) is 0 Å². The molecule has 1 unspecified atom stereocenters. The van der Waals surface area contributed by atoms with Gasteiger partial charge in [-0.25, -0.2) is 4.39 Å². The number of anilines is 1. The van der Waals surface area contributed by atoms with Crippen LogP contribution in [0.3, 0.4) is 0 Å². The van der Waals surface area contributed by atoms with E-state index >= 15 is 0 Å². The predicted octanol–water partition coefficient (Wildman–Crippen LogP) is 3.70. The number of hydrogen-bond donors (Lipinski definition) is 0. The second-order valence-corrected chi connectivity index (χ2v) is 6.18. The van der Waals surface area contributed by atoms with Crippen molar-refractivity contribution in [2.75, 3.05) is 11.4 Å². The zero-order valence-electron chi connectivity index (χ0n) is 13.6. The average molecular weight is 337 g/mol. The topological polar surface area (TPSA) is 59.2 Å². The quantitative estimate of drug-likeness (QED) is 0.731. The van der Waals surface area contributed by atoms with Gasteiger partial charge in [-0.3, -0.25) is 4.79 Å². The van der Waals surface area contributed by atoms with Crippen LogP contribution in [0, 0.1) is 12.7 Å². The minimum absolute atomic E-state index is 0.142. The standard InChI is InChI=1S/C19H16FN3O2/c1-12-5-4-6-13(9-12)19-21-18(22-25-19)14-10-17(24)23(11-14)16-8-3-2-7-15(16)20/h2-9,14H,10-11H2,1H3. The molecular weight excluding hydrogens is 321 g/mol. The van der Waals surface area contributed by atoms with Crippen LogP contribution < -0.4 is 4.90 Å². The van der Waals surface area contributed by atoms with Gasteiger partial charge in [-0.05, 0) is 31.2 Å². The first-order chi connectivity index (χ1) is 12.1. The van der Waals surface area contributed by atoms with E-state index in [0.29, 0.717) is 18.3 Å². The molecule has 0 spiro atoms. The molecule has 1 aliphatic rings. The van der Waals surface area contributed by atoms with Crippen molar-refractivity contribution in [2.45, 2.75) is 19.3 Å². The maximum absolute atomic E-state index is 14.0. The highest BCUT2D eigenvalue weighted by Gasteiger charge is 2.35. The summed E-state index contributed by atoms with van der Waals surface area (Å²) in [5.74, 6) is 0.135. The summed E-state index contributed by atoms with van der Waals surface area (Å²) in [5, 5.41) is 4.03. The molecule has 1 atom stereocenters. The summed E-state index contributed by atoms with van der Waals surface area (Å²) in [6.07, 6.45) is 0.237. The van der Waals surface area contributed by atoms with Crippen LogP contribution in [-0.2, 0) is 4.79 Å². The number of aryl methyl sites for hydroxylation is 1. The fourth-order valence-electron chi connectivity index (χ4n) is 3.08. The van der Waals surface area contributed by atoms with Gasteiger partial charge in [0.1, 0.15) is 5.82 Å². The molecule has 2 aromatic carbocycles. The lowest BCUT2D eigenvalue weighted by molar-refractivity contribution is -0.117. The van der Waals surface area contributed by atoms with Crippen LogP contribution in [0.4, 0.5) is 10.1 Å². The van der Waals surface area contributed by atoms with Crippen LogP contribution in [0.15, 0.2) is 53.1 Å². The Hall–Kier alpha value is -3.02. The van der Waals surface area contributed by atoms with E-state index in [1.54, 1.807) is 18.2 Å². The largest absolute Gasteiger partial charge is 0.334 e. The van der Waals surface area contributed by atoms with Gasteiger partial charge in [-0.1, -0.05) is 35.0 Å². The number of halogens is 1. The Kier molecular flexibility index (Phi) is 3.80. The van der Waals surface area contributed by atoms with Crippen LogP contribution in [-0.4, -0.2) is 22.6 Å². The summed E-state index contributed by atoms with van der Waals surface area (Å²) >= 11 is 0. The van der Waals surface area contributed by atoms with E-state index in [1.807, 2.05) is 31.2 Å². The highest BCUT2D eigenvalue weighted by atomic mass is 19.1. The van der Waals surface area contributed by atoms with E-state index in [2.05, 4.69) is 10.1 Å². The molecule has 5 nitrogen and oxygen atoms in total. The number of carbonyl (C=O) groups excluding carboxylic acids is 1. The number of carbonyl (C=O) groups is 1. The van der Waals surface area contributed by atoms with E-state index in [4.69, 9.17) is 4.52 Å². The Morgan fingerprint density at radius 1 is 1.20 bits per heavy atom. The summed E-state index contributed by atoms with van der Waals surface area (Å²) in [4.78, 5) is 18.2. The van der Waals surface area contributed by atoms with Crippen molar-refractivity contribution in [3.05, 3.63) is 65.7 Å². The second-order valence-electron chi connectivity index (χ2n) is 6.18. The van der Waals surface area contributed by atoms with Crippen molar-refractivity contribution < 1.29 is 13.7 Å². The zero-order valence-corrected chi connectivity index (χ0v) is 13.6. The number of nitrogens with zero attached hydrogens (tertiary/aromatic N) is 3. The van der Waals surface area contributed by atoms with Gasteiger partial charge in [-0.15, -0.1) is 0 Å². The number of hydrogen-bond acceptors (Lipinski definition) is 4. The molecule has 1 aliphatic heterocycles. The lowest BCUT2D eigenvalue weighted by Gasteiger charge is -2.16. The van der Waals surface area contributed by atoms with Gasteiger partial charge in [0.05, 0.1) is 5.69 Å². The first kappa shape index (κ1) is 15.5. The molecule has 0 saturated carbocycles. The molecule has 1 amide bonds. The van der Waals surface area contributed by atoms with Gasteiger partial charge in [0.15, 0.2) is 5.82 Å². The Morgan fingerprint density at radius 3 is 2.84 bits per heavy atom. The van der Waals surface area contributed by atoms with Crippen LogP contribution in [0.1, 0.15) is 23.7 Å². The smallest absolute Gasteiger partial charge is 0.257 e. The molecule has 1 fully saturated rings. The van der Waals surface area contributed by atoms with Crippen molar-refractivity contribution in [3.63, 3.8) is 0 Å². The summed E-state index contributed by atoms with van der Waals surface area (Å²) in [6, 6.07) is 14.0. The van der Waals surface area contributed by atoms with E-state index in [9.17, 15) is 9.18 Å². The van der Waals surface area contributed by atoms with E-state index in [1.165, 1.54) is 11.0 Å². The molecule has 4 rings (SSSR count). The molecule has 0 aliphatic carbocycles. The molecule has 6 heteroatoms. The minimum atomic E-state index is -0.412. The minimum Gasteiger partial charge on any atom is -0.334 e. The van der Waals surface area contributed by atoms with Crippen LogP contribution in [0.5, 0.6) is 0 Å². The SMILES string of the molecule is Cc1cccc(-c2nc(C3CC(=O)N(c4ccccc4F)C3)no2)c1. The molecule has 1 saturated heterocycles. The highest BCUT2D eigenvalue weighted by molar-refractivity contribution is 5.96. The predicted molar refractivity (Wildman–Crippen MR) is 90.6 cm³/mol. The Morgan fingerprint density at radius 2 is 2.04 bits per heavy atom. The van der Waals surface area contributed by atoms with E-state index < -0.39 is 5.82 Å². The van der Waals surface area contributed by atoms with E-state index in [-0.39, 0.29) is 23.9 Å². The zero-order chi connectivity index (χ0) is 17.4. The molecule has 0 bridgehead atoms. The lowest BCUT2D eigenvalue weighted by atomic mass is 10.1. The number of benzene rings is 2. The maximum atomic E-state index is 14.0. The molecule has 3 aromatic rings. The highest BCUT2D eigenvalue weighted by Crippen LogP contribution is 2.32. The van der Waals surface area contributed by atoms with Crippen molar-refractivity contribution in [2.24, 2.45) is 0 Å². The van der Waals surface area contributed by atoms with Crippen LogP contribution >= 0.6 is 0 Å². The van der Waals surface area contributed by atoms with Gasteiger partial charge in [0.25, 0.3) is 5.89 Å². The third-order valence-electron chi connectivity index (χ3n) is 4.34. The van der Waals surface area contributed by atoms with Gasteiger partial charge in [-0.2, -0.15) is 4.98 Å².